The van der Waals surface area contributed by atoms with Crippen molar-refractivity contribution in [2.75, 3.05) is 5.32 Å². The van der Waals surface area contributed by atoms with Gasteiger partial charge in [0.15, 0.2) is 0 Å². The quantitative estimate of drug-likeness (QED) is 0.656. The van der Waals surface area contributed by atoms with Crippen molar-refractivity contribution in [3.63, 3.8) is 0 Å². The first-order chi connectivity index (χ1) is 13.3. The minimum absolute atomic E-state index is 0.236. The summed E-state index contributed by atoms with van der Waals surface area (Å²) in [6.45, 7) is 8.93. The van der Waals surface area contributed by atoms with E-state index in [0.29, 0.717) is 28.2 Å². The van der Waals surface area contributed by atoms with Gasteiger partial charge in [0, 0.05) is 11.4 Å². The summed E-state index contributed by atoms with van der Waals surface area (Å²) in [5.41, 5.74) is 4.21. The third kappa shape index (κ3) is 3.78. The largest absolute Gasteiger partial charge is 0.459 e. The van der Waals surface area contributed by atoms with Crippen LogP contribution in [0.3, 0.4) is 0 Å². The Morgan fingerprint density at radius 1 is 1.21 bits per heavy atom. The van der Waals surface area contributed by atoms with Crippen LogP contribution in [0, 0.1) is 20.8 Å². The Labute approximate surface area is 162 Å². The summed E-state index contributed by atoms with van der Waals surface area (Å²) in [4.78, 5) is 28.0. The van der Waals surface area contributed by atoms with Gasteiger partial charge in [0.05, 0.1) is 17.4 Å². The number of rotatable bonds is 5. The van der Waals surface area contributed by atoms with E-state index >= 15 is 0 Å². The molecule has 0 aliphatic rings. The zero-order chi connectivity index (χ0) is 20.4. The number of carbonyl (C=O) groups excluding carboxylic acids is 2. The number of benzene rings is 1. The third-order valence-electron chi connectivity index (χ3n) is 4.26. The summed E-state index contributed by atoms with van der Waals surface area (Å²) in [6.07, 6.45) is 1.27. The van der Waals surface area contributed by atoms with Crippen LogP contribution in [-0.2, 0) is 4.74 Å². The first-order valence-corrected chi connectivity index (χ1v) is 8.83. The lowest BCUT2D eigenvalue weighted by molar-refractivity contribution is 0.0376. The van der Waals surface area contributed by atoms with E-state index in [1.807, 2.05) is 19.1 Å². The van der Waals surface area contributed by atoms with E-state index in [4.69, 9.17) is 4.74 Å². The van der Waals surface area contributed by atoms with Crippen LogP contribution in [0.25, 0.3) is 5.69 Å². The predicted molar refractivity (Wildman–Crippen MR) is 103 cm³/mol. The second kappa shape index (κ2) is 7.63. The van der Waals surface area contributed by atoms with Crippen LogP contribution in [0.2, 0.25) is 0 Å². The molecule has 0 atom stereocenters. The smallest absolute Gasteiger partial charge is 0.340 e. The highest BCUT2D eigenvalue weighted by Gasteiger charge is 2.23. The number of nitrogens with one attached hydrogen (secondary N) is 2. The maximum Gasteiger partial charge on any atom is 0.340 e. The average Bonchev–Trinajstić information content (AvgIpc) is 3.22. The highest BCUT2D eigenvalue weighted by Crippen LogP contribution is 2.22. The van der Waals surface area contributed by atoms with E-state index in [1.54, 1.807) is 38.4 Å². The monoisotopic (exact) mass is 382 g/mol. The normalized spacial score (nSPS) is 10.9. The standard InChI is InChI=1S/C19H22N6O3/c1-10(2)28-19(27)16-12(4)17(21-13(16)5)18(26)22-14-6-7-15(11(3)8-14)25-9-20-23-24-25/h6-10,21H,1-5H3,(H,22,26). The van der Waals surface area contributed by atoms with Crippen LogP contribution in [-0.4, -0.2) is 43.2 Å². The van der Waals surface area contributed by atoms with Gasteiger partial charge >= 0.3 is 5.97 Å². The molecule has 2 heterocycles. The number of esters is 1. The summed E-state index contributed by atoms with van der Waals surface area (Å²) < 4.78 is 6.81. The second-order valence-electron chi connectivity index (χ2n) is 6.79. The first kappa shape index (κ1) is 19.3. The highest BCUT2D eigenvalue weighted by atomic mass is 16.5. The molecule has 9 nitrogen and oxygen atoms in total. The molecule has 1 amide bonds. The number of H-pyrrole nitrogens is 1. The van der Waals surface area contributed by atoms with Crippen molar-refractivity contribution in [2.24, 2.45) is 0 Å². The Morgan fingerprint density at radius 2 is 1.96 bits per heavy atom. The Morgan fingerprint density at radius 3 is 2.57 bits per heavy atom. The SMILES string of the molecule is Cc1cc(NC(=O)c2[nH]c(C)c(C(=O)OC(C)C)c2C)ccc1-n1cnnn1. The summed E-state index contributed by atoms with van der Waals surface area (Å²) >= 11 is 0. The van der Waals surface area contributed by atoms with Gasteiger partial charge in [-0.15, -0.1) is 5.10 Å². The molecule has 146 valence electrons. The van der Waals surface area contributed by atoms with Gasteiger partial charge in [0.2, 0.25) is 0 Å². The van der Waals surface area contributed by atoms with Crippen LogP contribution in [0.1, 0.15) is 51.5 Å². The number of aromatic amines is 1. The van der Waals surface area contributed by atoms with Crippen molar-refractivity contribution in [2.45, 2.75) is 40.7 Å². The molecule has 1 aromatic carbocycles. The van der Waals surface area contributed by atoms with E-state index in [-0.39, 0.29) is 12.0 Å². The topological polar surface area (TPSA) is 115 Å². The summed E-state index contributed by atoms with van der Waals surface area (Å²) in [7, 11) is 0. The van der Waals surface area contributed by atoms with Gasteiger partial charge in [-0.2, -0.15) is 0 Å². The van der Waals surface area contributed by atoms with Crippen molar-refractivity contribution in [1.82, 2.24) is 25.2 Å². The van der Waals surface area contributed by atoms with E-state index in [2.05, 4.69) is 25.8 Å². The van der Waals surface area contributed by atoms with Gasteiger partial charge in [0.1, 0.15) is 12.0 Å². The molecule has 9 heteroatoms. The van der Waals surface area contributed by atoms with E-state index in [1.165, 1.54) is 6.33 Å². The first-order valence-electron chi connectivity index (χ1n) is 8.83. The van der Waals surface area contributed by atoms with E-state index in [9.17, 15) is 9.59 Å². The van der Waals surface area contributed by atoms with Gasteiger partial charge in [-0.1, -0.05) is 0 Å². The van der Waals surface area contributed by atoms with Crippen molar-refractivity contribution in [3.05, 3.63) is 52.6 Å². The molecule has 0 aliphatic carbocycles. The number of nitrogens with zero attached hydrogens (tertiary/aromatic N) is 4. The minimum atomic E-state index is -0.443. The molecule has 0 bridgehead atoms. The number of amides is 1. The van der Waals surface area contributed by atoms with Crippen LogP contribution >= 0.6 is 0 Å². The van der Waals surface area contributed by atoms with Crippen molar-refractivity contribution in [3.8, 4) is 5.69 Å². The molecule has 28 heavy (non-hydrogen) atoms. The van der Waals surface area contributed by atoms with Crippen LogP contribution in [0.5, 0.6) is 0 Å². The molecule has 0 fully saturated rings. The average molecular weight is 382 g/mol. The summed E-state index contributed by atoms with van der Waals surface area (Å²) in [5.74, 6) is -0.777. The predicted octanol–water partition coefficient (Wildman–Crippen LogP) is 2.73. The number of tetrazole rings is 1. The number of aryl methyl sites for hydroxylation is 2. The number of anilines is 1. The maximum atomic E-state index is 12.7. The van der Waals surface area contributed by atoms with Gasteiger partial charge in [-0.25, -0.2) is 9.48 Å². The van der Waals surface area contributed by atoms with Gasteiger partial charge in [-0.05, 0) is 74.4 Å². The highest BCUT2D eigenvalue weighted by molar-refractivity contribution is 6.06. The lowest BCUT2D eigenvalue weighted by Crippen LogP contribution is -2.15. The second-order valence-corrected chi connectivity index (χ2v) is 6.79. The number of carbonyl (C=O) groups is 2. The van der Waals surface area contributed by atoms with Gasteiger partial charge in [-0.3, -0.25) is 4.79 Å². The maximum absolute atomic E-state index is 12.7. The molecular weight excluding hydrogens is 360 g/mol. The Hall–Kier alpha value is -3.49. The zero-order valence-electron chi connectivity index (χ0n) is 16.4. The summed E-state index contributed by atoms with van der Waals surface area (Å²) in [5, 5.41) is 14.0. The van der Waals surface area contributed by atoms with Crippen LogP contribution in [0.4, 0.5) is 5.69 Å². The molecule has 0 saturated carbocycles. The lowest BCUT2D eigenvalue weighted by atomic mass is 10.1. The number of ether oxygens (including phenoxy) is 1. The third-order valence-corrected chi connectivity index (χ3v) is 4.26. The number of hydrogen-bond acceptors (Lipinski definition) is 6. The molecule has 2 N–H and O–H groups in total. The molecule has 0 saturated heterocycles. The molecule has 0 spiro atoms. The van der Waals surface area contributed by atoms with Crippen LogP contribution in [0.15, 0.2) is 24.5 Å². The molecule has 0 radical (unpaired) electrons. The van der Waals surface area contributed by atoms with Crippen molar-refractivity contribution >= 4 is 17.6 Å². The van der Waals surface area contributed by atoms with Gasteiger partial charge in [0.25, 0.3) is 5.91 Å². The number of aromatic nitrogens is 5. The Balaban J connectivity index is 1.82. The van der Waals surface area contributed by atoms with Gasteiger partial charge < -0.3 is 15.0 Å². The van der Waals surface area contributed by atoms with Crippen LogP contribution < -0.4 is 5.32 Å². The fourth-order valence-electron chi connectivity index (χ4n) is 3.01. The van der Waals surface area contributed by atoms with E-state index in [0.717, 1.165) is 11.3 Å². The molecule has 2 aromatic heterocycles. The molecule has 3 aromatic rings. The Kier molecular flexibility index (Phi) is 5.25. The molecule has 0 aliphatic heterocycles. The summed E-state index contributed by atoms with van der Waals surface area (Å²) in [6, 6.07) is 5.41. The fourth-order valence-corrected chi connectivity index (χ4v) is 3.01. The Bertz CT molecular complexity index is 1020. The minimum Gasteiger partial charge on any atom is -0.459 e. The molecular formula is C19H22N6O3. The van der Waals surface area contributed by atoms with E-state index < -0.39 is 5.97 Å². The fraction of sp³-hybridized carbons (Fsp3) is 0.316. The zero-order valence-corrected chi connectivity index (χ0v) is 16.4. The lowest BCUT2D eigenvalue weighted by Gasteiger charge is -2.10. The van der Waals surface area contributed by atoms with Crippen molar-refractivity contribution < 1.29 is 14.3 Å². The molecule has 3 rings (SSSR count). The number of hydrogen-bond donors (Lipinski definition) is 2. The van der Waals surface area contributed by atoms with Crippen molar-refractivity contribution in [1.29, 1.82) is 0 Å². The molecule has 0 unspecified atom stereocenters.